The standard InChI is InChI=1S/C15H19ClFN3O/c1-4-20-13(15(16)10(3)19-20)8-21-14-6-5-11(17)7-12(14)9(2)18/h5-7,9H,4,8,18H2,1-3H3/t9-/m1/s1. The second-order valence-electron chi connectivity index (χ2n) is 4.92. The quantitative estimate of drug-likeness (QED) is 0.918. The number of nitrogens with zero attached hydrogens (tertiary/aromatic N) is 2. The van der Waals surface area contributed by atoms with Gasteiger partial charge in [-0.2, -0.15) is 5.10 Å². The molecule has 21 heavy (non-hydrogen) atoms. The van der Waals surface area contributed by atoms with Gasteiger partial charge in [-0.15, -0.1) is 0 Å². The molecule has 1 heterocycles. The molecule has 6 heteroatoms. The van der Waals surface area contributed by atoms with Gasteiger partial charge in [0.2, 0.25) is 0 Å². The Bertz CT molecular complexity index is 640. The number of aryl methyl sites for hydroxylation is 2. The van der Waals surface area contributed by atoms with E-state index in [0.717, 1.165) is 11.4 Å². The van der Waals surface area contributed by atoms with Gasteiger partial charge in [-0.25, -0.2) is 4.39 Å². The molecular formula is C15H19ClFN3O. The normalized spacial score (nSPS) is 12.5. The van der Waals surface area contributed by atoms with Crippen molar-refractivity contribution in [1.82, 2.24) is 9.78 Å². The highest BCUT2D eigenvalue weighted by Crippen LogP contribution is 2.27. The Morgan fingerprint density at radius 3 is 2.81 bits per heavy atom. The van der Waals surface area contributed by atoms with E-state index >= 15 is 0 Å². The second-order valence-corrected chi connectivity index (χ2v) is 5.30. The minimum absolute atomic E-state index is 0.263. The van der Waals surface area contributed by atoms with E-state index in [-0.39, 0.29) is 18.5 Å². The molecule has 0 aliphatic rings. The van der Waals surface area contributed by atoms with Gasteiger partial charge < -0.3 is 10.5 Å². The van der Waals surface area contributed by atoms with Crippen LogP contribution < -0.4 is 10.5 Å². The molecule has 0 fully saturated rings. The van der Waals surface area contributed by atoms with E-state index in [0.29, 0.717) is 22.9 Å². The summed E-state index contributed by atoms with van der Waals surface area (Å²) >= 11 is 6.24. The highest BCUT2D eigenvalue weighted by atomic mass is 35.5. The number of nitrogens with two attached hydrogens (primary N) is 1. The van der Waals surface area contributed by atoms with Crippen molar-refractivity contribution < 1.29 is 9.13 Å². The van der Waals surface area contributed by atoms with Crippen LogP contribution in [0.4, 0.5) is 4.39 Å². The maximum atomic E-state index is 13.3. The van der Waals surface area contributed by atoms with Crippen molar-refractivity contribution in [3.8, 4) is 5.75 Å². The number of aromatic nitrogens is 2. The van der Waals surface area contributed by atoms with Crippen molar-refractivity contribution in [1.29, 1.82) is 0 Å². The maximum absolute atomic E-state index is 13.3. The number of hydrogen-bond acceptors (Lipinski definition) is 3. The molecule has 0 radical (unpaired) electrons. The minimum atomic E-state index is -0.331. The number of hydrogen-bond donors (Lipinski definition) is 1. The smallest absolute Gasteiger partial charge is 0.131 e. The van der Waals surface area contributed by atoms with E-state index in [9.17, 15) is 4.39 Å². The summed E-state index contributed by atoms with van der Waals surface area (Å²) in [7, 11) is 0. The first-order valence-corrected chi connectivity index (χ1v) is 7.21. The molecule has 1 aromatic carbocycles. The zero-order valence-electron chi connectivity index (χ0n) is 12.4. The Labute approximate surface area is 128 Å². The largest absolute Gasteiger partial charge is 0.487 e. The first-order chi connectivity index (χ1) is 9.93. The van der Waals surface area contributed by atoms with Crippen molar-refractivity contribution in [2.45, 2.75) is 40.0 Å². The molecule has 0 unspecified atom stereocenters. The summed E-state index contributed by atoms with van der Waals surface area (Å²) in [6.45, 7) is 6.59. The van der Waals surface area contributed by atoms with E-state index in [2.05, 4.69) is 5.10 Å². The van der Waals surface area contributed by atoms with Gasteiger partial charge in [0.1, 0.15) is 18.2 Å². The Hall–Kier alpha value is -1.59. The van der Waals surface area contributed by atoms with Gasteiger partial charge in [0.25, 0.3) is 0 Å². The van der Waals surface area contributed by atoms with Crippen molar-refractivity contribution in [3.63, 3.8) is 0 Å². The monoisotopic (exact) mass is 311 g/mol. The summed E-state index contributed by atoms with van der Waals surface area (Å²) in [6.07, 6.45) is 0. The average molecular weight is 312 g/mol. The van der Waals surface area contributed by atoms with Crippen LogP contribution in [0.25, 0.3) is 0 Å². The highest BCUT2D eigenvalue weighted by molar-refractivity contribution is 6.31. The van der Waals surface area contributed by atoms with Crippen molar-refractivity contribution in [2.75, 3.05) is 0 Å². The van der Waals surface area contributed by atoms with Crippen LogP contribution in [-0.2, 0) is 13.2 Å². The Balaban J connectivity index is 2.25. The molecule has 1 atom stereocenters. The predicted molar refractivity (Wildman–Crippen MR) is 81.0 cm³/mol. The Morgan fingerprint density at radius 2 is 2.19 bits per heavy atom. The Kier molecular flexibility index (Phi) is 4.85. The number of rotatable bonds is 5. The van der Waals surface area contributed by atoms with E-state index in [1.807, 2.05) is 13.8 Å². The lowest BCUT2D eigenvalue weighted by molar-refractivity contribution is 0.288. The van der Waals surface area contributed by atoms with Gasteiger partial charge >= 0.3 is 0 Å². The first kappa shape index (κ1) is 15.8. The molecule has 114 valence electrons. The molecule has 0 saturated heterocycles. The van der Waals surface area contributed by atoms with E-state index in [1.165, 1.54) is 12.1 Å². The van der Waals surface area contributed by atoms with Gasteiger partial charge in [-0.1, -0.05) is 11.6 Å². The number of halogens is 2. The van der Waals surface area contributed by atoms with Gasteiger partial charge in [0.15, 0.2) is 0 Å². The fourth-order valence-electron chi connectivity index (χ4n) is 2.16. The molecule has 2 N–H and O–H groups in total. The van der Waals surface area contributed by atoms with E-state index in [1.54, 1.807) is 17.7 Å². The SMILES string of the molecule is CCn1nc(C)c(Cl)c1COc1ccc(F)cc1[C@@H](C)N. The van der Waals surface area contributed by atoms with Crippen LogP contribution in [0.1, 0.15) is 36.8 Å². The zero-order chi connectivity index (χ0) is 15.6. The summed E-state index contributed by atoms with van der Waals surface area (Å²) in [5, 5.41) is 4.93. The van der Waals surface area contributed by atoms with Crippen LogP contribution in [0.5, 0.6) is 5.75 Å². The van der Waals surface area contributed by atoms with Crippen molar-refractivity contribution >= 4 is 11.6 Å². The summed E-state index contributed by atoms with van der Waals surface area (Å²) in [5.41, 5.74) is 8.05. The molecule has 0 amide bonds. The van der Waals surface area contributed by atoms with Crippen LogP contribution in [-0.4, -0.2) is 9.78 Å². The minimum Gasteiger partial charge on any atom is -0.487 e. The maximum Gasteiger partial charge on any atom is 0.131 e. The lowest BCUT2D eigenvalue weighted by atomic mass is 10.1. The lowest BCUT2D eigenvalue weighted by Gasteiger charge is -2.14. The van der Waals surface area contributed by atoms with E-state index in [4.69, 9.17) is 22.1 Å². The molecular weight excluding hydrogens is 293 g/mol. The molecule has 0 spiro atoms. The summed E-state index contributed by atoms with van der Waals surface area (Å²) in [6, 6.07) is 4.01. The third kappa shape index (κ3) is 3.36. The fourth-order valence-corrected chi connectivity index (χ4v) is 2.35. The topological polar surface area (TPSA) is 53.1 Å². The lowest BCUT2D eigenvalue weighted by Crippen LogP contribution is -2.10. The number of ether oxygens (including phenoxy) is 1. The highest BCUT2D eigenvalue weighted by Gasteiger charge is 2.15. The molecule has 2 rings (SSSR count). The molecule has 0 saturated carbocycles. The molecule has 0 bridgehead atoms. The molecule has 0 aliphatic carbocycles. The van der Waals surface area contributed by atoms with Gasteiger partial charge in [-0.05, 0) is 39.0 Å². The Morgan fingerprint density at radius 1 is 1.48 bits per heavy atom. The van der Waals surface area contributed by atoms with Crippen LogP contribution in [0.15, 0.2) is 18.2 Å². The summed E-state index contributed by atoms with van der Waals surface area (Å²) < 4.78 is 20.9. The number of benzene rings is 1. The summed E-state index contributed by atoms with van der Waals surface area (Å²) in [4.78, 5) is 0. The van der Waals surface area contributed by atoms with Gasteiger partial charge in [-0.3, -0.25) is 4.68 Å². The average Bonchev–Trinajstić information content (AvgIpc) is 2.72. The molecule has 1 aromatic heterocycles. The van der Waals surface area contributed by atoms with Crippen LogP contribution in [0, 0.1) is 12.7 Å². The van der Waals surface area contributed by atoms with Crippen LogP contribution >= 0.6 is 11.6 Å². The summed E-state index contributed by atoms with van der Waals surface area (Å²) in [5.74, 6) is 0.228. The van der Waals surface area contributed by atoms with Crippen molar-refractivity contribution in [3.05, 3.63) is 46.0 Å². The van der Waals surface area contributed by atoms with E-state index < -0.39 is 0 Å². The third-order valence-corrected chi connectivity index (χ3v) is 3.77. The van der Waals surface area contributed by atoms with Crippen molar-refractivity contribution in [2.24, 2.45) is 5.73 Å². The second kappa shape index (κ2) is 6.45. The predicted octanol–water partition coefficient (Wildman–Crippen LogP) is 3.60. The first-order valence-electron chi connectivity index (χ1n) is 6.83. The zero-order valence-corrected chi connectivity index (χ0v) is 13.1. The molecule has 0 aliphatic heterocycles. The van der Waals surface area contributed by atoms with Gasteiger partial charge in [0, 0.05) is 18.2 Å². The third-order valence-electron chi connectivity index (χ3n) is 3.28. The van der Waals surface area contributed by atoms with Gasteiger partial charge in [0.05, 0.1) is 16.4 Å². The fraction of sp³-hybridized carbons (Fsp3) is 0.400. The molecule has 4 nitrogen and oxygen atoms in total. The van der Waals surface area contributed by atoms with Crippen LogP contribution in [0.2, 0.25) is 5.02 Å². The van der Waals surface area contributed by atoms with Crippen LogP contribution in [0.3, 0.4) is 0 Å². The molecule has 2 aromatic rings.